The molecule has 0 saturated heterocycles. The number of ether oxygens (including phenoxy) is 1. The number of hydrazine groups is 1. The fourth-order valence-corrected chi connectivity index (χ4v) is 2.14. The van der Waals surface area contributed by atoms with Crippen LogP contribution in [-0.4, -0.2) is 30.8 Å². The minimum Gasteiger partial charge on any atom is -0.469 e. The zero-order valence-corrected chi connectivity index (χ0v) is 14.9. The minimum atomic E-state index is -0.713. The molecule has 27 heavy (non-hydrogen) atoms. The minimum absolute atomic E-state index is 0.258. The Hall–Kier alpha value is -3.68. The number of benzene rings is 2. The van der Waals surface area contributed by atoms with Crippen molar-refractivity contribution in [2.24, 2.45) is 0 Å². The van der Waals surface area contributed by atoms with E-state index in [0.29, 0.717) is 11.3 Å². The van der Waals surface area contributed by atoms with Crippen LogP contribution < -0.4 is 16.2 Å². The molecule has 0 fully saturated rings. The van der Waals surface area contributed by atoms with Crippen LogP contribution in [0.1, 0.15) is 32.7 Å². The number of esters is 1. The predicted molar refractivity (Wildman–Crippen MR) is 97.8 cm³/mol. The number of rotatable bonds is 5. The van der Waals surface area contributed by atoms with E-state index in [1.54, 1.807) is 30.3 Å². The van der Waals surface area contributed by atoms with E-state index in [2.05, 4.69) is 20.9 Å². The maximum absolute atomic E-state index is 12.2. The number of hydrogen-bond donors (Lipinski definition) is 3. The molecule has 2 aromatic rings. The van der Waals surface area contributed by atoms with Gasteiger partial charge in [-0.3, -0.25) is 30.0 Å². The Labute approximate surface area is 155 Å². The summed E-state index contributed by atoms with van der Waals surface area (Å²) in [6.07, 6.45) is -0.499. The molecule has 0 aliphatic rings. The summed E-state index contributed by atoms with van der Waals surface area (Å²) in [5, 5.41) is 2.74. The highest BCUT2D eigenvalue weighted by Crippen LogP contribution is 2.12. The monoisotopic (exact) mass is 369 g/mol. The van der Waals surface area contributed by atoms with Crippen molar-refractivity contribution in [2.75, 3.05) is 12.4 Å². The molecule has 0 atom stereocenters. The summed E-state index contributed by atoms with van der Waals surface area (Å²) in [7, 11) is 1.16. The van der Waals surface area contributed by atoms with Crippen molar-refractivity contribution in [2.45, 2.75) is 13.3 Å². The molecule has 0 radical (unpaired) electrons. The number of carbonyl (C=O) groups excluding carboxylic acids is 4. The summed E-state index contributed by atoms with van der Waals surface area (Å²) in [6.45, 7) is 1.90. The first kappa shape index (κ1) is 19.6. The van der Waals surface area contributed by atoms with Gasteiger partial charge in [-0.25, -0.2) is 0 Å². The van der Waals surface area contributed by atoms with Crippen LogP contribution in [0.5, 0.6) is 0 Å². The first-order chi connectivity index (χ1) is 12.9. The Balaban J connectivity index is 1.90. The third-order valence-electron chi connectivity index (χ3n) is 3.53. The lowest BCUT2D eigenvalue weighted by Gasteiger charge is -2.09. The van der Waals surface area contributed by atoms with Gasteiger partial charge in [0.1, 0.15) is 6.42 Å². The smallest absolute Gasteiger partial charge is 0.315 e. The first-order valence-corrected chi connectivity index (χ1v) is 8.03. The third-order valence-corrected chi connectivity index (χ3v) is 3.53. The molecule has 0 bridgehead atoms. The van der Waals surface area contributed by atoms with Crippen LogP contribution in [0.15, 0.2) is 48.5 Å². The average molecular weight is 369 g/mol. The van der Waals surface area contributed by atoms with Crippen LogP contribution in [0.4, 0.5) is 5.69 Å². The van der Waals surface area contributed by atoms with Crippen molar-refractivity contribution in [3.63, 3.8) is 0 Å². The average Bonchev–Trinajstić information content (AvgIpc) is 2.66. The van der Waals surface area contributed by atoms with Crippen LogP contribution in [0.25, 0.3) is 0 Å². The van der Waals surface area contributed by atoms with Crippen molar-refractivity contribution >= 4 is 29.4 Å². The standard InChI is InChI=1S/C19H19N3O5/c1-12-4-3-5-14(10-12)18(25)20-15-8-6-13(7-9-15)19(26)22-21-16(23)11-17(24)27-2/h3-10H,11H2,1-2H3,(H,20,25)(H,21,23)(H,22,26). The van der Waals surface area contributed by atoms with Gasteiger partial charge in [0.15, 0.2) is 0 Å². The van der Waals surface area contributed by atoms with Crippen LogP contribution in [0.3, 0.4) is 0 Å². The van der Waals surface area contributed by atoms with Crippen LogP contribution in [0, 0.1) is 6.92 Å². The van der Waals surface area contributed by atoms with E-state index in [9.17, 15) is 19.2 Å². The highest BCUT2D eigenvalue weighted by molar-refractivity contribution is 6.04. The van der Waals surface area contributed by atoms with Gasteiger partial charge >= 0.3 is 5.97 Å². The lowest BCUT2D eigenvalue weighted by atomic mass is 10.1. The second-order valence-corrected chi connectivity index (χ2v) is 5.66. The second-order valence-electron chi connectivity index (χ2n) is 5.66. The molecule has 0 unspecified atom stereocenters. The van der Waals surface area contributed by atoms with E-state index < -0.39 is 24.2 Å². The molecule has 0 saturated carbocycles. The van der Waals surface area contributed by atoms with E-state index >= 15 is 0 Å². The molecule has 8 heteroatoms. The van der Waals surface area contributed by atoms with E-state index in [1.165, 1.54) is 12.1 Å². The number of methoxy groups -OCH3 is 1. The van der Waals surface area contributed by atoms with Crippen LogP contribution >= 0.6 is 0 Å². The van der Waals surface area contributed by atoms with Gasteiger partial charge in [0.25, 0.3) is 11.8 Å². The quantitative estimate of drug-likeness (QED) is 0.421. The molecule has 0 heterocycles. The Morgan fingerprint density at radius 2 is 1.59 bits per heavy atom. The summed E-state index contributed by atoms with van der Waals surface area (Å²) in [4.78, 5) is 46.5. The van der Waals surface area contributed by atoms with Gasteiger partial charge < -0.3 is 10.1 Å². The SMILES string of the molecule is COC(=O)CC(=O)NNC(=O)c1ccc(NC(=O)c2cccc(C)c2)cc1. The summed E-state index contributed by atoms with van der Waals surface area (Å²) in [6, 6.07) is 13.3. The van der Waals surface area contributed by atoms with Gasteiger partial charge in [-0.15, -0.1) is 0 Å². The molecule has 0 aliphatic heterocycles. The Kier molecular flexibility index (Phi) is 6.65. The zero-order chi connectivity index (χ0) is 19.8. The molecule has 0 aromatic heterocycles. The van der Waals surface area contributed by atoms with E-state index in [-0.39, 0.29) is 11.5 Å². The van der Waals surface area contributed by atoms with Crippen molar-refractivity contribution in [3.05, 3.63) is 65.2 Å². The molecule has 0 aliphatic carbocycles. The fourth-order valence-electron chi connectivity index (χ4n) is 2.14. The molecular weight excluding hydrogens is 350 g/mol. The fraction of sp³-hybridized carbons (Fsp3) is 0.158. The van der Waals surface area contributed by atoms with Gasteiger partial charge in [-0.1, -0.05) is 17.7 Å². The van der Waals surface area contributed by atoms with E-state index in [1.807, 2.05) is 13.0 Å². The van der Waals surface area contributed by atoms with E-state index in [0.717, 1.165) is 12.7 Å². The lowest BCUT2D eigenvalue weighted by molar-refractivity contribution is -0.144. The highest BCUT2D eigenvalue weighted by Gasteiger charge is 2.12. The topological polar surface area (TPSA) is 114 Å². The predicted octanol–water partition coefficient (Wildman–Crippen LogP) is 1.57. The summed E-state index contributed by atoms with van der Waals surface area (Å²) >= 11 is 0. The molecule has 8 nitrogen and oxygen atoms in total. The molecule has 140 valence electrons. The number of anilines is 1. The lowest BCUT2D eigenvalue weighted by Crippen LogP contribution is -2.42. The molecule has 3 amide bonds. The van der Waals surface area contributed by atoms with Gasteiger partial charge in [0, 0.05) is 16.8 Å². The van der Waals surface area contributed by atoms with Gasteiger partial charge in [0.05, 0.1) is 7.11 Å². The summed E-state index contributed by atoms with van der Waals surface area (Å²) in [5.74, 6) is -2.23. The van der Waals surface area contributed by atoms with Gasteiger partial charge in [0.2, 0.25) is 5.91 Å². The van der Waals surface area contributed by atoms with Crippen LogP contribution in [0.2, 0.25) is 0 Å². The molecule has 2 rings (SSSR count). The number of amides is 3. The maximum Gasteiger partial charge on any atom is 0.315 e. The zero-order valence-electron chi connectivity index (χ0n) is 14.9. The Bertz CT molecular complexity index is 862. The Morgan fingerprint density at radius 3 is 2.22 bits per heavy atom. The third kappa shape index (κ3) is 5.96. The summed E-state index contributed by atoms with van der Waals surface area (Å²) in [5.41, 5.74) is 6.59. The maximum atomic E-state index is 12.2. The van der Waals surface area contributed by atoms with E-state index in [4.69, 9.17) is 0 Å². The van der Waals surface area contributed by atoms with Crippen molar-refractivity contribution < 1.29 is 23.9 Å². The van der Waals surface area contributed by atoms with Crippen LogP contribution in [-0.2, 0) is 14.3 Å². The molecule has 2 aromatic carbocycles. The number of hydrogen-bond acceptors (Lipinski definition) is 5. The number of carbonyl (C=O) groups is 4. The van der Waals surface area contributed by atoms with Crippen molar-refractivity contribution in [3.8, 4) is 0 Å². The molecule has 3 N–H and O–H groups in total. The van der Waals surface area contributed by atoms with Crippen molar-refractivity contribution in [1.29, 1.82) is 0 Å². The van der Waals surface area contributed by atoms with Crippen molar-refractivity contribution in [1.82, 2.24) is 10.9 Å². The van der Waals surface area contributed by atoms with Gasteiger partial charge in [-0.05, 0) is 43.3 Å². The van der Waals surface area contributed by atoms with Gasteiger partial charge in [-0.2, -0.15) is 0 Å². The normalized spacial score (nSPS) is 9.85. The second kappa shape index (κ2) is 9.14. The number of nitrogens with one attached hydrogen (secondary N) is 3. The molecule has 0 spiro atoms. The first-order valence-electron chi connectivity index (χ1n) is 8.03. The summed E-state index contributed by atoms with van der Waals surface area (Å²) < 4.78 is 4.35. The highest BCUT2D eigenvalue weighted by atomic mass is 16.5. The Morgan fingerprint density at radius 1 is 0.889 bits per heavy atom. The molecular formula is C19H19N3O5. The number of aryl methyl sites for hydroxylation is 1. The largest absolute Gasteiger partial charge is 0.469 e.